The molecule has 4 aliphatic rings. The van der Waals surface area contributed by atoms with Crippen molar-refractivity contribution in [2.75, 3.05) is 4.90 Å². The highest BCUT2D eigenvalue weighted by atomic mass is 16.6. The fourth-order valence-electron chi connectivity index (χ4n) is 6.25. The van der Waals surface area contributed by atoms with Crippen molar-refractivity contribution in [1.82, 2.24) is 0 Å². The van der Waals surface area contributed by atoms with Crippen LogP contribution in [0, 0.1) is 39.0 Å². The Bertz CT molecular complexity index is 1420. The summed E-state index contributed by atoms with van der Waals surface area (Å²) in [5, 5.41) is 24.7. The predicted molar refractivity (Wildman–Crippen MR) is 120 cm³/mol. The first kappa shape index (κ1) is 20.2. The molecule has 7 rings (SSSR count). The third-order valence-corrected chi connectivity index (χ3v) is 7.43. The first-order chi connectivity index (χ1) is 16.3. The summed E-state index contributed by atoms with van der Waals surface area (Å²) in [6.45, 7) is 1.67. The van der Waals surface area contributed by atoms with Gasteiger partial charge in [0.05, 0.1) is 10.8 Å². The van der Waals surface area contributed by atoms with Crippen LogP contribution in [0.25, 0.3) is 0 Å². The first-order valence-corrected chi connectivity index (χ1v) is 10.8. The third-order valence-electron chi connectivity index (χ3n) is 7.43. The molecule has 1 fully saturated rings. The van der Waals surface area contributed by atoms with Gasteiger partial charge in [-0.3, -0.25) is 29.8 Å². The van der Waals surface area contributed by atoms with E-state index in [4.69, 9.17) is 0 Å². The van der Waals surface area contributed by atoms with E-state index < -0.39 is 50.6 Å². The maximum atomic E-state index is 13.9. The zero-order chi connectivity index (χ0) is 23.9. The normalized spacial score (nSPS) is 26.1. The summed E-state index contributed by atoms with van der Waals surface area (Å²) in [5.74, 6) is -4.35. The Kier molecular flexibility index (Phi) is 3.91. The van der Waals surface area contributed by atoms with Crippen molar-refractivity contribution in [2.45, 2.75) is 18.4 Å². The lowest BCUT2D eigenvalue weighted by atomic mass is 9.51. The smallest absolute Gasteiger partial charge is 0.274 e. The zero-order valence-corrected chi connectivity index (χ0v) is 17.9. The molecule has 0 spiro atoms. The molecule has 1 saturated heterocycles. The molecule has 34 heavy (non-hydrogen) atoms. The highest BCUT2D eigenvalue weighted by Crippen LogP contribution is 2.64. The molecule has 9 nitrogen and oxygen atoms in total. The number of carbonyl (C=O) groups excluding carboxylic acids is 2. The number of imide groups is 1. The largest absolute Gasteiger partial charge is 0.293 e. The number of hydrogen-bond acceptors (Lipinski definition) is 6. The Morgan fingerprint density at radius 1 is 0.853 bits per heavy atom. The summed E-state index contributed by atoms with van der Waals surface area (Å²) < 4.78 is 0. The Morgan fingerprint density at radius 3 is 2.00 bits per heavy atom. The number of benzene rings is 3. The molecule has 0 radical (unpaired) electrons. The van der Waals surface area contributed by atoms with Crippen molar-refractivity contribution >= 4 is 23.2 Å². The average Bonchev–Trinajstić information content (AvgIpc) is 3.09. The molecule has 2 bridgehead atoms. The van der Waals surface area contributed by atoms with Crippen LogP contribution in [0.3, 0.4) is 0 Å². The summed E-state index contributed by atoms with van der Waals surface area (Å²) >= 11 is 0. The van der Waals surface area contributed by atoms with E-state index in [1.807, 2.05) is 0 Å². The topological polar surface area (TPSA) is 124 Å². The van der Waals surface area contributed by atoms with Gasteiger partial charge in [0.15, 0.2) is 0 Å². The molecular weight excluding hydrogens is 438 g/mol. The molecule has 3 aromatic carbocycles. The summed E-state index contributed by atoms with van der Waals surface area (Å²) in [6, 6.07) is 17.9. The number of aryl methyl sites for hydroxylation is 1. The standard InChI is InChI=1S/C25H17N3O6/c1-13-10-11-18(19(12-13)27(31)32)26-23(29)21-20-14-6-2-4-8-16(14)25(28(33)34,22(21)24(26)30)17-9-5-3-7-15(17)20/h2-12,20-22H,1H3/t20?,21-,22-,25?/m0/s1. The van der Waals surface area contributed by atoms with Crippen molar-refractivity contribution in [3.63, 3.8) is 0 Å². The van der Waals surface area contributed by atoms with Crippen LogP contribution in [-0.4, -0.2) is 21.7 Å². The summed E-state index contributed by atoms with van der Waals surface area (Å²) in [7, 11) is 0. The third kappa shape index (κ3) is 2.18. The molecule has 0 N–H and O–H groups in total. The van der Waals surface area contributed by atoms with Gasteiger partial charge in [-0.05, 0) is 29.7 Å². The minimum atomic E-state index is -1.96. The quantitative estimate of drug-likeness (QED) is 0.337. The van der Waals surface area contributed by atoms with Gasteiger partial charge in [-0.1, -0.05) is 54.6 Å². The molecule has 3 aliphatic carbocycles. The Balaban J connectivity index is 1.66. The number of hydrogen-bond donors (Lipinski definition) is 0. The van der Waals surface area contributed by atoms with Crippen LogP contribution in [0.5, 0.6) is 0 Å². The van der Waals surface area contributed by atoms with Crippen molar-refractivity contribution in [3.8, 4) is 0 Å². The Morgan fingerprint density at radius 2 is 1.44 bits per heavy atom. The van der Waals surface area contributed by atoms with E-state index >= 15 is 0 Å². The van der Waals surface area contributed by atoms with Crippen LogP contribution in [0.2, 0.25) is 0 Å². The second-order valence-electron chi connectivity index (χ2n) is 8.94. The first-order valence-electron chi connectivity index (χ1n) is 10.8. The fraction of sp³-hybridized carbons (Fsp3) is 0.200. The summed E-state index contributed by atoms with van der Waals surface area (Å²) in [4.78, 5) is 52.2. The molecule has 1 heterocycles. The van der Waals surface area contributed by atoms with Crippen molar-refractivity contribution in [2.24, 2.45) is 11.8 Å². The molecule has 0 unspecified atom stereocenters. The number of amides is 2. The Hall–Kier alpha value is -4.40. The second kappa shape index (κ2) is 6.57. The van der Waals surface area contributed by atoms with E-state index in [0.717, 1.165) is 4.90 Å². The van der Waals surface area contributed by atoms with Gasteiger partial charge in [-0.25, -0.2) is 4.90 Å². The van der Waals surface area contributed by atoms with Gasteiger partial charge in [0.2, 0.25) is 11.8 Å². The SMILES string of the molecule is Cc1ccc(N2C(=O)[C@@H]3[C@@H](C2=O)C2c4ccccc4C3([N+](=O)[O-])c3ccccc32)c([N+](=O)[O-])c1. The van der Waals surface area contributed by atoms with Crippen LogP contribution in [0.4, 0.5) is 11.4 Å². The molecular formula is C25H17N3O6. The molecule has 0 saturated carbocycles. The van der Waals surface area contributed by atoms with E-state index in [1.165, 1.54) is 12.1 Å². The van der Waals surface area contributed by atoms with Gasteiger partial charge >= 0.3 is 0 Å². The number of nitro groups is 2. The van der Waals surface area contributed by atoms with E-state index in [0.29, 0.717) is 27.8 Å². The van der Waals surface area contributed by atoms with Crippen molar-refractivity contribution in [3.05, 3.63) is 115 Å². The monoisotopic (exact) mass is 455 g/mol. The zero-order valence-electron chi connectivity index (χ0n) is 17.9. The predicted octanol–water partition coefficient (Wildman–Crippen LogP) is 3.69. The van der Waals surface area contributed by atoms with Crippen LogP contribution in [0.1, 0.15) is 33.7 Å². The van der Waals surface area contributed by atoms with Gasteiger partial charge < -0.3 is 0 Å². The maximum Gasteiger partial charge on any atom is 0.293 e. The number of anilines is 1. The highest BCUT2D eigenvalue weighted by molar-refractivity contribution is 6.24. The van der Waals surface area contributed by atoms with Gasteiger partial charge in [0, 0.05) is 28.0 Å². The molecule has 9 heteroatoms. The van der Waals surface area contributed by atoms with Crippen LogP contribution >= 0.6 is 0 Å². The van der Waals surface area contributed by atoms with Gasteiger partial charge in [-0.15, -0.1) is 0 Å². The number of nitrogens with zero attached hydrogens (tertiary/aromatic N) is 3. The number of nitro benzene ring substituents is 1. The van der Waals surface area contributed by atoms with Crippen LogP contribution in [-0.2, 0) is 15.1 Å². The maximum absolute atomic E-state index is 13.9. The Labute approximate surface area is 192 Å². The van der Waals surface area contributed by atoms with E-state index in [1.54, 1.807) is 61.5 Å². The molecule has 168 valence electrons. The lowest BCUT2D eigenvalue weighted by Gasteiger charge is -2.48. The van der Waals surface area contributed by atoms with E-state index in [-0.39, 0.29) is 5.69 Å². The lowest BCUT2D eigenvalue weighted by molar-refractivity contribution is -0.578. The minimum absolute atomic E-state index is 0.161. The van der Waals surface area contributed by atoms with Crippen LogP contribution < -0.4 is 4.90 Å². The molecule has 0 aromatic heterocycles. The molecule has 3 aromatic rings. The van der Waals surface area contributed by atoms with Gasteiger partial charge in [0.25, 0.3) is 11.2 Å². The molecule has 1 aliphatic heterocycles. The molecule has 2 amide bonds. The minimum Gasteiger partial charge on any atom is -0.274 e. The van der Waals surface area contributed by atoms with E-state index in [9.17, 15) is 29.8 Å². The average molecular weight is 455 g/mol. The second-order valence-corrected chi connectivity index (χ2v) is 8.94. The van der Waals surface area contributed by atoms with Gasteiger partial charge in [0.1, 0.15) is 11.6 Å². The van der Waals surface area contributed by atoms with Gasteiger partial charge in [-0.2, -0.15) is 0 Å². The highest BCUT2D eigenvalue weighted by Gasteiger charge is 2.75. The fourth-order valence-corrected chi connectivity index (χ4v) is 6.25. The number of rotatable bonds is 3. The number of carbonyl (C=O) groups is 2. The lowest BCUT2D eigenvalue weighted by Crippen LogP contribution is -2.57. The van der Waals surface area contributed by atoms with Crippen molar-refractivity contribution in [1.29, 1.82) is 0 Å². The van der Waals surface area contributed by atoms with Crippen LogP contribution in [0.15, 0.2) is 66.7 Å². The summed E-state index contributed by atoms with van der Waals surface area (Å²) in [6.07, 6.45) is 0. The summed E-state index contributed by atoms with van der Waals surface area (Å²) in [5.41, 5.74) is 0.143. The van der Waals surface area contributed by atoms with Crippen molar-refractivity contribution < 1.29 is 19.4 Å². The molecule has 2 atom stereocenters. The van der Waals surface area contributed by atoms with E-state index in [2.05, 4.69) is 0 Å².